The van der Waals surface area contributed by atoms with Crippen molar-refractivity contribution < 1.29 is 24.2 Å². The van der Waals surface area contributed by atoms with E-state index in [2.05, 4.69) is 10.2 Å². The number of nitrogens with one attached hydrogen (secondary N) is 1. The fourth-order valence-electron chi connectivity index (χ4n) is 3.53. The molecule has 0 aromatic heterocycles. The fraction of sp³-hybridized carbons (Fsp3) is 0.824. The van der Waals surface area contributed by atoms with E-state index in [1.807, 2.05) is 6.92 Å². The van der Waals surface area contributed by atoms with E-state index in [0.717, 1.165) is 19.5 Å². The Labute approximate surface area is 148 Å². The highest BCUT2D eigenvalue weighted by atomic mass is 16.6. The highest BCUT2D eigenvalue weighted by Crippen LogP contribution is 2.29. The number of hydrogen-bond donors (Lipinski definition) is 2. The molecule has 0 spiro atoms. The van der Waals surface area contributed by atoms with Crippen molar-refractivity contribution in [2.45, 2.75) is 70.7 Å². The zero-order chi connectivity index (χ0) is 18.8. The first kappa shape index (κ1) is 19.5. The molecule has 2 aliphatic rings. The lowest BCUT2D eigenvalue weighted by atomic mass is 10.1. The minimum absolute atomic E-state index is 0.0918. The molecule has 2 rings (SSSR count). The van der Waals surface area contributed by atoms with Crippen LogP contribution in [0.15, 0.2) is 0 Å². The Balaban J connectivity index is 2.20. The highest BCUT2D eigenvalue weighted by Gasteiger charge is 2.45. The maximum absolute atomic E-state index is 13.0. The Hall–Kier alpha value is -1.83. The van der Waals surface area contributed by atoms with Crippen molar-refractivity contribution >= 4 is 18.0 Å². The number of amides is 2. The lowest BCUT2D eigenvalue weighted by molar-refractivity contribution is -0.151. The van der Waals surface area contributed by atoms with Gasteiger partial charge in [-0.25, -0.2) is 9.59 Å². The Morgan fingerprint density at radius 1 is 1.28 bits per heavy atom. The number of aliphatic carboxylic acids is 1. The second kappa shape index (κ2) is 7.59. The first-order valence-corrected chi connectivity index (χ1v) is 8.89. The van der Waals surface area contributed by atoms with E-state index in [9.17, 15) is 19.5 Å². The lowest BCUT2D eigenvalue weighted by Gasteiger charge is -2.38. The van der Waals surface area contributed by atoms with Crippen molar-refractivity contribution in [1.82, 2.24) is 15.1 Å². The smallest absolute Gasteiger partial charge is 0.408 e. The van der Waals surface area contributed by atoms with Gasteiger partial charge in [0.2, 0.25) is 5.91 Å². The molecular formula is C17H29N3O5. The van der Waals surface area contributed by atoms with E-state index in [1.165, 1.54) is 4.90 Å². The van der Waals surface area contributed by atoms with Gasteiger partial charge < -0.3 is 25.0 Å². The van der Waals surface area contributed by atoms with Gasteiger partial charge in [-0.2, -0.15) is 0 Å². The molecule has 2 saturated heterocycles. The van der Waals surface area contributed by atoms with Crippen molar-refractivity contribution in [2.24, 2.45) is 0 Å². The fourth-order valence-corrected chi connectivity index (χ4v) is 3.53. The Kier molecular flexibility index (Phi) is 5.92. The number of carboxylic acids is 1. The van der Waals surface area contributed by atoms with Gasteiger partial charge in [0.1, 0.15) is 17.7 Å². The molecule has 2 N–H and O–H groups in total. The molecule has 0 aliphatic carbocycles. The third-order valence-electron chi connectivity index (χ3n) is 4.70. The second-order valence-electron chi connectivity index (χ2n) is 7.71. The standard InChI is InChI=1S/C17H29N3O5/c1-5-19-9-8-11-6-7-13(15(22)23)20(11)14(21)12(10-19)18-16(24)25-17(2,3)4/h11-13H,5-10H2,1-4H3,(H,18,24)(H,22,23)/t11-,12+,13+/m1/s1. The van der Waals surface area contributed by atoms with Gasteiger partial charge in [-0.05, 0) is 46.6 Å². The Morgan fingerprint density at radius 2 is 1.96 bits per heavy atom. The molecule has 0 saturated carbocycles. The first-order valence-electron chi connectivity index (χ1n) is 8.89. The molecule has 2 fully saturated rings. The molecule has 0 unspecified atom stereocenters. The summed E-state index contributed by atoms with van der Waals surface area (Å²) < 4.78 is 5.26. The molecular weight excluding hydrogens is 326 g/mol. The van der Waals surface area contributed by atoms with Crippen LogP contribution >= 0.6 is 0 Å². The normalized spacial score (nSPS) is 28.1. The number of alkyl carbamates (subject to hydrolysis) is 1. The summed E-state index contributed by atoms with van der Waals surface area (Å²) in [6.07, 6.45) is 1.23. The van der Waals surface area contributed by atoms with Crippen LogP contribution < -0.4 is 5.32 Å². The molecule has 0 aromatic rings. The van der Waals surface area contributed by atoms with Gasteiger partial charge in [0, 0.05) is 19.1 Å². The summed E-state index contributed by atoms with van der Waals surface area (Å²) in [5.74, 6) is -1.32. The van der Waals surface area contributed by atoms with Crippen LogP contribution in [0, 0.1) is 0 Å². The molecule has 25 heavy (non-hydrogen) atoms. The van der Waals surface area contributed by atoms with Crippen LogP contribution in [0.1, 0.15) is 47.0 Å². The van der Waals surface area contributed by atoms with Crippen LogP contribution in [-0.2, 0) is 14.3 Å². The predicted molar refractivity (Wildman–Crippen MR) is 91.2 cm³/mol. The van der Waals surface area contributed by atoms with Crippen molar-refractivity contribution in [1.29, 1.82) is 0 Å². The van der Waals surface area contributed by atoms with E-state index in [-0.39, 0.29) is 11.9 Å². The number of carbonyl (C=O) groups is 3. The van der Waals surface area contributed by atoms with Crippen molar-refractivity contribution in [3.8, 4) is 0 Å². The Bertz CT molecular complexity index is 531. The maximum atomic E-state index is 13.0. The molecule has 3 atom stereocenters. The number of nitrogens with zero attached hydrogens (tertiary/aromatic N) is 2. The van der Waals surface area contributed by atoms with E-state index >= 15 is 0 Å². The molecule has 2 heterocycles. The third-order valence-corrected chi connectivity index (χ3v) is 4.70. The highest BCUT2D eigenvalue weighted by molar-refractivity contribution is 5.90. The van der Waals surface area contributed by atoms with E-state index in [0.29, 0.717) is 19.4 Å². The van der Waals surface area contributed by atoms with Gasteiger partial charge in [-0.3, -0.25) is 4.79 Å². The largest absolute Gasteiger partial charge is 0.480 e. The summed E-state index contributed by atoms with van der Waals surface area (Å²) in [6.45, 7) is 9.14. The minimum atomic E-state index is -0.986. The number of hydrogen-bond acceptors (Lipinski definition) is 5. The van der Waals surface area contributed by atoms with Crippen LogP contribution in [0.25, 0.3) is 0 Å². The van der Waals surface area contributed by atoms with Crippen LogP contribution in [0.2, 0.25) is 0 Å². The van der Waals surface area contributed by atoms with Gasteiger partial charge in [-0.15, -0.1) is 0 Å². The molecule has 0 aromatic carbocycles. The number of carboxylic acid groups (broad SMARTS) is 1. The second-order valence-corrected chi connectivity index (χ2v) is 7.71. The van der Waals surface area contributed by atoms with Crippen molar-refractivity contribution in [3.63, 3.8) is 0 Å². The molecule has 8 nitrogen and oxygen atoms in total. The number of likely N-dealkylation sites (N-methyl/N-ethyl adjacent to an activating group) is 1. The van der Waals surface area contributed by atoms with Gasteiger partial charge in [0.05, 0.1) is 0 Å². The van der Waals surface area contributed by atoms with E-state index in [1.54, 1.807) is 20.8 Å². The van der Waals surface area contributed by atoms with Crippen LogP contribution in [0.4, 0.5) is 4.79 Å². The quantitative estimate of drug-likeness (QED) is 0.785. The summed E-state index contributed by atoms with van der Waals surface area (Å²) in [4.78, 5) is 40.3. The SMILES string of the molecule is CCN1CC[C@H]2CC[C@@H](C(=O)O)N2C(=O)[C@@H](NC(=O)OC(C)(C)C)C1. The van der Waals surface area contributed by atoms with Crippen LogP contribution in [0.5, 0.6) is 0 Å². The Morgan fingerprint density at radius 3 is 2.52 bits per heavy atom. The van der Waals surface area contributed by atoms with Gasteiger partial charge >= 0.3 is 12.1 Å². The molecule has 0 radical (unpaired) electrons. The zero-order valence-corrected chi connectivity index (χ0v) is 15.4. The van der Waals surface area contributed by atoms with Crippen molar-refractivity contribution in [2.75, 3.05) is 19.6 Å². The summed E-state index contributed by atoms with van der Waals surface area (Å²) >= 11 is 0. The summed E-state index contributed by atoms with van der Waals surface area (Å²) in [5.41, 5.74) is -0.668. The maximum Gasteiger partial charge on any atom is 0.408 e. The minimum Gasteiger partial charge on any atom is -0.480 e. The first-order chi connectivity index (χ1) is 11.6. The van der Waals surface area contributed by atoms with Crippen LogP contribution in [0.3, 0.4) is 0 Å². The number of ether oxygens (including phenoxy) is 1. The van der Waals surface area contributed by atoms with Crippen molar-refractivity contribution in [3.05, 3.63) is 0 Å². The molecule has 2 aliphatic heterocycles. The average Bonchev–Trinajstić information content (AvgIpc) is 2.90. The molecule has 8 heteroatoms. The molecule has 2 amide bonds. The summed E-state index contributed by atoms with van der Waals surface area (Å²) in [7, 11) is 0. The molecule has 0 bridgehead atoms. The van der Waals surface area contributed by atoms with Crippen LogP contribution in [-0.4, -0.2) is 76.2 Å². The number of fused-ring (bicyclic) bond motifs is 1. The number of carbonyl (C=O) groups excluding carboxylic acids is 2. The van der Waals surface area contributed by atoms with Gasteiger partial charge in [0.15, 0.2) is 0 Å². The van der Waals surface area contributed by atoms with E-state index in [4.69, 9.17) is 4.74 Å². The third kappa shape index (κ3) is 4.84. The molecule has 142 valence electrons. The summed E-state index contributed by atoms with van der Waals surface area (Å²) in [5, 5.41) is 12.1. The lowest BCUT2D eigenvalue weighted by Crippen LogP contribution is -2.60. The topological polar surface area (TPSA) is 99.2 Å². The summed E-state index contributed by atoms with van der Waals surface area (Å²) in [6, 6.07) is -1.71. The zero-order valence-electron chi connectivity index (χ0n) is 15.4. The number of rotatable bonds is 3. The van der Waals surface area contributed by atoms with E-state index < -0.39 is 29.7 Å². The predicted octanol–water partition coefficient (Wildman–Crippen LogP) is 1.05. The average molecular weight is 355 g/mol. The van der Waals surface area contributed by atoms with Gasteiger partial charge in [0.25, 0.3) is 0 Å². The van der Waals surface area contributed by atoms with Gasteiger partial charge in [-0.1, -0.05) is 6.92 Å². The monoisotopic (exact) mass is 355 g/mol.